The third-order valence-corrected chi connectivity index (χ3v) is 3.10. The minimum atomic E-state index is -0.165. The molecule has 1 heterocycles. The van der Waals surface area contributed by atoms with Gasteiger partial charge in [0.25, 0.3) is 5.91 Å². The molecule has 0 radical (unpaired) electrons. The molecule has 0 atom stereocenters. The van der Waals surface area contributed by atoms with Crippen LogP contribution in [-0.2, 0) is 4.79 Å². The molecule has 1 fully saturated rings. The Hall–Kier alpha value is -2.16. The lowest BCUT2D eigenvalue weighted by atomic mass is 10.1. The summed E-state index contributed by atoms with van der Waals surface area (Å²) >= 11 is 0. The standard InChI is InChI=1S/C17H20N2O/c1-3-4-5-8-13(2)17(20)19-16(14-10-11-14)15-9-6-7-12-18-15/h3-5,8-9,12H,2,6-7,10-11H2,1H3,(H,19,20)/b4-3-,8-5-. The minimum Gasteiger partial charge on any atom is -0.320 e. The molecule has 104 valence electrons. The van der Waals surface area contributed by atoms with Gasteiger partial charge in [-0.05, 0) is 38.2 Å². The van der Waals surface area contributed by atoms with Gasteiger partial charge >= 0.3 is 0 Å². The topological polar surface area (TPSA) is 41.5 Å². The molecule has 1 aliphatic heterocycles. The van der Waals surface area contributed by atoms with E-state index in [0.717, 1.165) is 37.1 Å². The van der Waals surface area contributed by atoms with Crippen LogP contribution >= 0.6 is 0 Å². The summed E-state index contributed by atoms with van der Waals surface area (Å²) in [7, 11) is 0. The van der Waals surface area contributed by atoms with E-state index < -0.39 is 0 Å². The first-order valence-electron chi connectivity index (χ1n) is 6.97. The average molecular weight is 268 g/mol. The number of aliphatic imine (C=N–C) groups is 1. The number of allylic oxidation sites excluding steroid dienone is 5. The van der Waals surface area contributed by atoms with Crippen molar-refractivity contribution in [1.29, 1.82) is 0 Å². The van der Waals surface area contributed by atoms with Gasteiger partial charge in [-0.1, -0.05) is 37.0 Å². The highest BCUT2D eigenvalue weighted by Crippen LogP contribution is 2.34. The maximum absolute atomic E-state index is 12.1. The van der Waals surface area contributed by atoms with Crippen molar-refractivity contribution >= 4 is 12.1 Å². The van der Waals surface area contributed by atoms with Crippen molar-refractivity contribution < 1.29 is 4.79 Å². The molecule has 0 unspecified atom stereocenters. The van der Waals surface area contributed by atoms with Crippen LogP contribution in [0.3, 0.4) is 0 Å². The first-order chi connectivity index (χ1) is 9.72. The largest absolute Gasteiger partial charge is 0.320 e. The fourth-order valence-electron chi connectivity index (χ4n) is 1.88. The summed E-state index contributed by atoms with van der Waals surface area (Å²) < 4.78 is 0. The highest BCUT2D eigenvalue weighted by Gasteiger charge is 2.22. The van der Waals surface area contributed by atoms with E-state index in [2.05, 4.69) is 23.0 Å². The van der Waals surface area contributed by atoms with Gasteiger partial charge in [-0.25, -0.2) is 0 Å². The second-order valence-corrected chi connectivity index (χ2v) is 4.82. The third kappa shape index (κ3) is 3.92. The number of nitrogens with one attached hydrogen (secondary N) is 1. The smallest absolute Gasteiger partial charge is 0.255 e. The monoisotopic (exact) mass is 268 g/mol. The Morgan fingerprint density at radius 1 is 1.35 bits per heavy atom. The predicted molar refractivity (Wildman–Crippen MR) is 83.3 cm³/mol. The molecular weight excluding hydrogens is 248 g/mol. The minimum absolute atomic E-state index is 0.165. The first kappa shape index (κ1) is 14.3. The molecule has 1 N–H and O–H groups in total. The van der Waals surface area contributed by atoms with E-state index in [-0.39, 0.29) is 5.91 Å². The second-order valence-electron chi connectivity index (χ2n) is 4.82. The van der Waals surface area contributed by atoms with Crippen LogP contribution in [0.5, 0.6) is 0 Å². The Balaban J connectivity index is 2.05. The highest BCUT2D eigenvalue weighted by atomic mass is 16.1. The summed E-state index contributed by atoms with van der Waals surface area (Å²) in [4.78, 5) is 16.5. The Bertz CT molecular complexity index is 554. The van der Waals surface area contributed by atoms with E-state index in [1.807, 2.05) is 31.4 Å². The van der Waals surface area contributed by atoms with Crippen molar-refractivity contribution in [2.75, 3.05) is 0 Å². The molecular formula is C17H20N2O. The van der Waals surface area contributed by atoms with Gasteiger partial charge < -0.3 is 5.32 Å². The Morgan fingerprint density at radius 2 is 2.15 bits per heavy atom. The summed E-state index contributed by atoms with van der Waals surface area (Å²) in [5.41, 5.74) is 3.49. The summed E-state index contributed by atoms with van der Waals surface area (Å²) in [6.07, 6.45) is 15.3. The zero-order chi connectivity index (χ0) is 14.4. The molecule has 1 saturated carbocycles. The number of rotatable bonds is 5. The predicted octanol–water partition coefficient (Wildman–Crippen LogP) is 3.59. The quantitative estimate of drug-likeness (QED) is 0.601. The molecule has 3 nitrogen and oxygen atoms in total. The van der Waals surface area contributed by atoms with Gasteiger partial charge in [0.2, 0.25) is 0 Å². The second kappa shape index (κ2) is 6.85. The highest BCUT2D eigenvalue weighted by molar-refractivity contribution is 5.97. The molecule has 0 saturated heterocycles. The van der Waals surface area contributed by atoms with E-state index in [0.29, 0.717) is 5.57 Å². The van der Waals surface area contributed by atoms with Gasteiger partial charge in [-0.15, -0.1) is 0 Å². The van der Waals surface area contributed by atoms with Gasteiger partial charge in [-0.2, -0.15) is 0 Å². The molecule has 3 heteroatoms. The molecule has 0 bridgehead atoms. The lowest BCUT2D eigenvalue weighted by Crippen LogP contribution is -2.24. The average Bonchev–Trinajstić information content (AvgIpc) is 3.30. The summed E-state index contributed by atoms with van der Waals surface area (Å²) in [6.45, 7) is 5.72. The van der Waals surface area contributed by atoms with Crippen molar-refractivity contribution in [3.8, 4) is 0 Å². The van der Waals surface area contributed by atoms with Crippen LogP contribution in [0.15, 0.2) is 64.5 Å². The third-order valence-electron chi connectivity index (χ3n) is 3.10. The van der Waals surface area contributed by atoms with E-state index in [4.69, 9.17) is 0 Å². The van der Waals surface area contributed by atoms with E-state index >= 15 is 0 Å². The first-order valence-corrected chi connectivity index (χ1v) is 6.97. The van der Waals surface area contributed by atoms with Crippen molar-refractivity contribution in [2.24, 2.45) is 4.99 Å². The molecule has 20 heavy (non-hydrogen) atoms. The van der Waals surface area contributed by atoms with Crippen LogP contribution in [0.2, 0.25) is 0 Å². The van der Waals surface area contributed by atoms with Gasteiger partial charge in [0.15, 0.2) is 0 Å². The van der Waals surface area contributed by atoms with Crippen molar-refractivity contribution in [2.45, 2.75) is 32.6 Å². The normalized spacial score (nSPS) is 17.4. The van der Waals surface area contributed by atoms with Crippen LogP contribution < -0.4 is 5.32 Å². The molecule has 1 amide bonds. The van der Waals surface area contributed by atoms with Gasteiger partial charge in [0.05, 0.1) is 11.4 Å². The molecule has 0 aromatic carbocycles. The maximum Gasteiger partial charge on any atom is 0.255 e. The van der Waals surface area contributed by atoms with Crippen molar-refractivity contribution in [1.82, 2.24) is 5.32 Å². The zero-order valence-electron chi connectivity index (χ0n) is 11.9. The number of nitrogens with zero attached hydrogens (tertiary/aromatic N) is 1. The van der Waals surface area contributed by atoms with Crippen LogP contribution in [0, 0.1) is 0 Å². The number of carbonyl (C=O) groups excluding carboxylic acids is 1. The van der Waals surface area contributed by atoms with Gasteiger partial charge in [0.1, 0.15) is 0 Å². The lowest BCUT2D eigenvalue weighted by Gasteiger charge is -2.12. The molecule has 1 aliphatic carbocycles. The van der Waals surface area contributed by atoms with Gasteiger partial charge in [0, 0.05) is 11.8 Å². The SMILES string of the molecule is C=C(/C=C\C=C/C)C(=O)NC(C1=CCCC=N1)=C1CC1. The Morgan fingerprint density at radius 3 is 2.75 bits per heavy atom. The number of amides is 1. The van der Waals surface area contributed by atoms with Crippen LogP contribution in [0.4, 0.5) is 0 Å². The number of hydrogen-bond acceptors (Lipinski definition) is 2. The van der Waals surface area contributed by atoms with Crippen molar-refractivity contribution in [3.05, 3.63) is 59.5 Å². The molecule has 2 aliphatic rings. The molecule has 2 rings (SSSR count). The summed E-state index contributed by atoms with van der Waals surface area (Å²) in [6, 6.07) is 0. The number of hydrogen-bond donors (Lipinski definition) is 1. The number of carbonyl (C=O) groups is 1. The van der Waals surface area contributed by atoms with E-state index in [9.17, 15) is 4.79 Å². The van der Waals surface area contributed by atoms with Gasteiger partial charge in [-0.3, -0.25) is 9.79 Å². The maximum atomic E-state index is 12.1. The zero-order valence-corrected chi connectivity index (χ0v) is 11.9. The van der Waals surface area contributed by atoms with Crippen molar-refractivity contribution in [3.63, 3.8) is 0 Å². The van der Waals surface area contributed by atoms with E-state index in [1.54, 1.807) is 6.08 Å². The Labute approximate surface area is 120 Å². The lowest BCUT2D eigenvalue weighted by molar-refractivity contribution is -0.116. The fraction of sp³-hybridized carbons (Fsp3) is 0.294. The van der Waals surface area contributed by atoms with E-state index in [1.165, 1.54) is 5.57 Å². The molecule has 0 aromatic heterocycles. The summed E-state index contributed by atoms with van der Waals surface area (Å²) in [5, 5.41) is 2.96. The summed E-state index contributed by atoms with van der Waals surface area (Å²) in [5.74, 6) is -0.165. The van der Waals surface area contributed by atoms with Crippen LogP contribution in [-0.4, -0.2) is 12.1 Å². The fourth-order valence-corrected chi connectivity index (χ4v) is 1.88. The van der Waals surface area contributed by atoms with Crippen LogP contribution in [0.25, 0.3) is 0 Å². The molecule has 0 spiro atoms. The molecule has 0 aromatic rings. The van der Waals surface area contributed by atoms with Crippen LogP contribution in [0.1, 0.15) is 32.6 Å². The Kier molecular flexibility index (Phi) is 4.88.